The van der Waals surface area contributed by atoms with Gasteiger partial charge in [-0.15, -0.1) is 0 Å². The quantitative estimate of drug-likeness (QED) is 0.719. The Labute approximate surface area is 71.0 Å². The lowest BCUT2D eigenvalue weighted by molar-refractivity contribution is 0.311. The van der Waals surface area contributed by atoms with Crippen LogP contribution >= 0.6 is 0 Å². The minimum atomic E-state index is -0.234. The molecule has 0 unspecified atom stereocenters. The van der Waals surface area contributed by atoms with Gasteiger partial charge in [-0.25, -0.2) is 4.39 Å². The van der Waals surface area contributed by atoms with Crippen molar-refractivity contribution in [3.05, 3.63) is 29.6 Å². The molecule has 66 valence electrons. The van der Waals surface area contributed by atoms with E-state index in [9.17, 15) is 4.39 Å². The Kier molecular flexibility index (Phi) is 3.05. The predicted molar refractivity (Wildman–Crippen MR) is 46.7 cm³/mol. The summed E-state index contributed by atoms with van der Waals surface area (Å²) in [6, 6.07) is 4.52. The fraction of sp³-hybridized carbons (Fsp3) is 0.333. The van der Waals surface area contributed by atoms with E-state index in [1.807, 2.05) is 6.92 Å². The van der Waals surface area contributed by atoms with Gasteiger partial charge in [0.05, 0.1) is 6.61 Å². The number of anilines is 1. The van der Waals surface area contributed by atoms with Gasteiger partial charge in [0.1, 0.15) is 5.82 Å². The van der Waals surface area contributed by atoms with Crippen LogP contribution in [0.3, 0.4) is 0 Å². The molecule has 1 aromatic rings. The van der Waals surface area contributed by atoms with Gasteiger partial charge in [-0.1, -0.05) is 0 Å². The molecule has 0 saturated carbocycles. The van der Waals surface area contributed by atoms with E-state index in [0.29, 0.717) is 6.54 Å². The van der Waals surface area contributed by atoms with Crippen LogP contribution in [0.4, 0.5) is 10.1 Å². The summed E-state index contributed by atoms with van der Waals surface area (Å²) in [6.45, 7) is 2.39. The van der Waals surface area contributed by atoms with Crippen LogP contribution < -0.4 is 5.32 Å². The van der Waals surface area contributed by atoms with Gasteiger partial charge in [0.2, 0.25) is 0 Å². The maximum atomic E-state index is 12.6. The molecule has 1 aromatic carbocycles. The second-order valence-corrected chi connectivity index (χ2v) is 2.61. The number of hydrogen-bond donors (Lipinski definition) is 2. The van der Waals surface area contributed by atoms with Crippen LogP contribution in [0.5, 0.6) is 0 Å². The predicted octanol–water partition coefficient (Wildman–Crippen LogP) is 1.54. The molecule has 0 atom stereocenters. The van der Waals surface area contributed by atoms with Crippen LogP contribution in [0.2, 0.25) is 0 Å². The Morgan fingerprint density at radius 3 is 2.83 bits per heavy atom. The van der Waals surface area contributed by atoms with E-state index in [1.165, 1.54) is 12.1 Å². The maximum Gasteiger partial charge on any atom is 0.123 e. The summed E-state index contributed by atoms with van der Waals surface area (Å²) >= 11 is 0. The standard InChI is InChI=1S/C9H12FNO/c1-7-6-8(10)2-3-9(7)11-4-5-12/h2-3,6,11-12H,4-5H2,1H3. The summed E-state index contributed by atoms with van der Waals surface area (Å²) in [7, 11) is 0. The van der Waals surface area contributed by atoms with E-state index < -0.39 is 0 Å². The Morgan fingerprint density at radius 2 is 2.25 bits per heavy atom. The number of benzene rings is 1. The topological polar surface area (TPSA) is 32.3 Å². The van der Waals surface area contributed by atoms with Gasteiger partial charge >= 0.3 is 0 Å². The van der Waals surface area contributed by atoms with Gasteiger partial charge < -0.3 is 10.4 Å². The van der Waals surface area contributed by atoms with Crippen molar-refractivity contribution in [2.45, 2.75) is 6.92 Å². The number of aliphatic hydroxyl groups excluding tert-OH is 1. The number of aryl methyl sites for hydroxylation is 1. The van der Waals surface area contributed by atoms with E-state index in [-0.39, 0.29) is 12.4 Å². The zero-order valence-electron chi connectivity index (χ0n) is 6.97. The summed E-state index contributed by atoms with van der Waals surface area (Å²) in [5, 5.41) is 11.5. The second kappa shape index (κ2) is 4.07. The summed E-state index contributed by atoms with van der Waals surface area (Å²) in [5.74, 6) is -0.234. The van der Waals surface area contributed by atoms with Crippen LogP contribution in [0.1, 0.15) is 5.56 Å². The van der Waals surface area contributed by atoms with Gasteiger partial charge in [0.25, 0.3) is 0 Å². The van der Waals surface area contributed by atoms with Gasteiger partial charge in [0.15, 0.2) is 0 Å². The monoisotopic (exact) mass is 169 g/mol. The normalized spacial score (nSPS) is 9.92. The fourth-order valence-electron chi connectivity index (χ4n) is 1.02. The van der Waals surface area contributed by atoms with Crippen LogP contribution in [0, 0.1) is 12.7 Å². The Bertz CT molecular complexity index is 263. The minimum Gasteiger partial charge on any atom is -0.395 e. The first-order chi connectivity index (χ1) is 5.74. The third kappa shape index (κ3) is 2.20. The van der Waals surface area contributed by atoms with Crippen molar-refractivity contribution >= 4 is 5.69 Å². The molecule has 0 aliphatic heterocycles. The van der Waals surface area contributed by atoms with Crippen molar-refractivity contribution in [3.63, 3.8) is 0 Å². The highest BCUT2D eigenvalue weighted by Gasteiger charge is 1.97. The zero-order chi connectivity index (χ0) is 8.97. The third-order valence-electron chi connectivity index (χ3n) is 1.62. The average molecular weight is 169 g/mol. The fourth-order valence-corrected chi connectivity index (χ4v) is 1.02. The molecule has 0 fully saturated rings. The first-order valence-corrected chi connectivity index (χ1v) is 3.85. The first-order valence-electron chi connectivity index (χ1n) is 3.85. The molecule has 0 heterocycles. The largest absolute Gasteiger partial charge is 0.395 e. The molecule has 2 N–H and O–H groups in total. The molecule has 3 heteroatoms. The number of hydrogen-bond acceptors (Lipinski definition) is 2. The molecule has 0 bridgehead atoms. The van der Waals surface area contributed by atoms with Gasteiger partial charge in [-0.2, -0.15) is 0 Å². The number of nitrogens with one attached hydrogen (secondary N) is 1. The van der Waals surface area contributed by atoms with Crippen molar-refractivity contribution in [1.29, 1.82) is 0 Å². The number of aliphatic hydroxyl groups is 1. The highest BCUT2D eigenvalue weighted by molar-refractivity contribution is 5.50. The minimum absolute atomic E-state index is 0.0802. The molecule has 0 radical (unpaired) electrons. The van der Waals surface area contributed by atoms with Gasteiger partial charge in [-0.3, -0.25) is 0 Å². The van der Waals surface area contributed by atoms with E-state index in [1.54, 1.807) is 6.07 Å². The van der Waals surface area contributed by atoms with Crippen LogP contribution in [-0.4, -0.2) is 18.3 Å². The molecule has 0 aliphatic rings. The molecule has 0 aliphatic carbocycles. The molecule has 0 aromatic heterocycles. The maximum absolute atomic E-state index is 12.6. The van der Waals surface area contributed by atoms with Crippen LogP contribution in [0.15, 0.2) is 18.2 Å². The molecular formula is C9H12FNO. The zero-order valence-corrected chi connectivity index (χ0v) is 6.97. The molecule has 0 saturated heterocycles. The van der Waals surface area contributed by atoms with Crippen molar-refractivity contribution < 1.29 is 9.50 Å². The van der Waals surface area contributed by atoms with E-state index in [2.05, 4.69) is 5.32 Å². The summed E-state index contributed by atoms with van der Waals surface area (Å²) < 4.78 is 12.6. The first kappa shape index (κ1) is 9.00. The average Bonchev–Trinajstić information content (AvgIpc) is 2.03. The van der Waals surface area contributed by atoms with Crippen molar-refractivity contribution in [2.75, 3.05) is 18.5 Å². The lowest BCUT2D eigenvalue weighted by Gasteiger charge is -2.07. The van der Waals surface area contributed by atoms with Crippen LogP contribution in [0.25, 0.3) is 0 Å². The molecule has 1 rings (SSSR count). The molecule has 0 amide bonds. The SMILES string of the molecule is Cc1cc(F)ccc1NCCO. The van der Waals surface area contributed by atoms with Crippen molar-refractivity contribution in [3.8, 4) is 0 Å². The van der Waals surface area contributed by atoms with Crippen molar-refractivity contribution in [1.82, 2.24) is 0 Å². The summed E-state index contributed by atoms with van der Waals surface area (Å²) in [5.41, 5.74) is 1.72. The summed E-state index contributed by atoms with van der Waals surface area (Å²) in [4.78, 5) is 0. The number of rotatable bonds is 3. The van der Waals surface area contributed by atoms with E-state index in [4.69, 9.17) is 5.11 Å². The van der Waals surface area contributed by atoms with E-state index >= 15 is 0 Å². The molecular weight excluding hydrogens is 157 g/mol. The summed E-state index contributed by atoms with van der Waals surface area (Å²) in [6.07, 6.45) is 0. The smallest absolute Gasteiger partial charge is 0.123 e. The Balaban J connectivity index is 2.72. The van der Waals surface area contributed by atoms with Crippen molar-refractivity contribution in [2.24, 2.45) is 0 Å². The van der Waals surface area contributed by atoms with Gasteiger partial charge in [0, 0.05) is 12.2 Å². The third-order valence-corrected chi connectivity index (χ3v) is 1.62. The Morgan fingerprint density at radius 1 is 1.50 bits per heavy atom. The highest BCUT2D eigenvalue weighted by atomic mass is 19.1. The second-order valence-electron chi connectivity index (χ2n) is 2.61. The lowest BCUT2D eigenvalue weighted by atomic mass is 10.2. The van der Waals surface area contributed by atoms with Crippen LogP contribution in [-0.2, 0) is 0 Å². The highest BCUT2D eigenvalue weighted by Crippen LogP contribution is 2.14. The van der Waals surface area contributed by atoms with Gasteiger partial charge in [-0.05, 0) is 30.7 Å². The number of halogens is 1. The lowest BCUT2D eigenvalue weighted by Crippen LogP contribution is -2.06. The Hall–Kier alpha value is -1.09. The van der Waals surface area contributed by atoms with E-state index in [0.717, 1.165) is 11.3 Å². The molecule has 2 nitrogen and oxygen atoms in total. The molecule has 0 spiro atoms. The molecule has 12 heavy (non-hydrogen) atoms.